The molecule has 0 aromatic heterocycles. The Balaban J connectivity index is 2.36. The maximum Gasteiger partial charge on any atom is 0.0864 e. The van der Waals surface area contributed by atoms with Crippen LogP contribution in [-0.4, -0.2) is 29.7 Å². The van der Waals surface area contributed by atoms with E-state index in [1.54, 1.807) is 11.8 Å². The molecule has 0 aliphatic carbocycles. The minimum atomic E-state index is -0.379. The first-order chi connectivity index (χ1) is 8.63. The molecule has 3 heteroatoms. The van der Waals surface area contributed by atoms with Gasteiger partial charge in [-0.15, -0.1) is 0 Å². The molecule has 1 aromatic carbocycles. The smallest absolute Gasteiger partial charge is 0.0864 e. The molecule has 1 aromatic rings. The number of thioether (sulfide) groups is 1. The number of hydrogen-bond donors (Lipinski definition) is 1. The highest BCUT2D eigenvalue weighted by atomic mass is 32.2. The van der Waals surface area contributed by atoms with Crippen molar-refractivity contribution in [2.24, 2.45) is 0 Å². The van der Waals surface area contributed by atoms with Crippen molar-refractivity contribution in [1.29, 1.82) is 0 Å². The third kappa shape index (κ3) is 5.89. The molecule has 0 bridgehead atoms. The Morgan fingerprint density at radius 1 is 1.22 bits per heavy atom. The summed E-state index contributed by atoms with van der Waals surface area (Å²) in [7, 11) is 0. The maximum absolute atomic E-state index is 9.84. The van der Waals surface area contributed by atoms with Gasteiger partial charge in [-0.05, 0) is 25.8 Å². The SMILES string of the molecule is CCC(SCC(O)COC(C)C)c1ccccc1. The number of aliphatic hydroxyl groups excluding tert-OH is 1. The van der Waals surface area contributed by atoms with E-state index in [4.69, 9.17) is 4.74 Å². The molecular formula is C15H24O2S. The first-order valence-electron chi connectivity index (χ1n) is 6.59. The van der Waals surface area contributed by atoms with Gasteiger partial charge in [0.05, 0.1) is 18.8 Å². The summed E-state index contributed by atoms with van der Waals surface area (Å²) in [6.45, 7) is 6.58. The molecule has 0 spiro atoms. The van der Waals surface area contributed by atoms with Crippen LogP contribution < -0.4 is 0 Å². The number of hydrogen-bond acceptors (Lipinski definition) is 3. The lowest BCUT2D eigenvalue weighted by atomic mass is 10.1. The van der Waals surface area contributed by atoms with E-state index < -0.39 is 0 Å². The highest BCUT2D eigenvalue weighted by Gasteiger charge is 2.13. The van der Waals surface area contributed by atoms with Crippen LogP contribution in [-0.2, 0) is 4.74 Å². The number of aliphatic hydroxyl groups is 1. The van der Waals surface area contributed by atoms with Crippen molar-refractivity contribution in [3.05, 3.63) is 35.9 Å². The summed E-state index contributed by atoms with van der Waals surface area (Å²) in [6.07, 6.45) is 0.878. The predicted octanol–water partition coefficient (Wildman–Crippen LogP) is 3.66. The van der Waals surface area contributed by atoms with E-state index in [9.17, 15) is 5.11 Å². The van der Waals surface area contributed by atoms with E-state index in [1.165, 1.54) is 5.56 Å². The highest BCUT2D eigenvalue weighted by Crippen LogP contribution is 2.32. The molecule has 1 N–H and O–H groups in total. The number of benzene rings is 1. The molecule has 2 nitrogen and oxygen atoms in total. The average Bonchev–Trinajstić information content (AvgIpc) is 2.38. The van der Waals surface area contributed by atoms with Crippen LogP contribution in [0.4, 0.5) is 0 Å². The van der Waals surface area contributed by atoms with Crippen LogP contribution in [0.2, 0.25) is 0 Å². The Bertz CT molecular complexity index is 314. The Morgan fingerprint density at radius 3 is 2.44 bits per heavy atom. The normalized spacial score (nSPS) is 14.7. The molecule has 0 heterocycles. The zero-order valence-electron chi connectivity index (χ0n) is 11.5. The second-order valence-corrected chi connectivity index (χ2v) is 5.91. The van der Waals surface area contributed by atoms with Gasteiger partial charge >= 0.3 is 0 Å². The van der Waals surface area contributed by atoms with Crippen molar-refractivity contribution in [3.8, 4) is 0 Å². The van der Waals surface area contributed by atoms with Crippen molar-refractivity contribution < 1.29 is 9.84 Å². The second-order valence-electron chi connectivity index (χ2n) is 4.68. The molecule has 2 atom stereocenters. The fourth-order valence-electron chi connectivity index (χ4n) is 1.70. The summed E-state index contributed by atoms with van der Waals surface area (Å²) < 4.78 is 5.41. The van der Waals surface area contributed by atoms with Crippen LogP contribution in [0.3, 0.4) is 0 Å². The van der Waals surface area contributed by atoms with Gasteiger partial charge in [0.15, 0.2) is 0 Å². The molecule has 0 aliphatic heterocycles. The van der Waals surface area contributed by atoms with Crippen LogP contribution in [0.5, 0.6) is 0 Å². The summed E-state index contributed by atoms with van der Waals surface area (Å²) in [4.78, 5) is 0. The Labute approximate surface area is 115 Å². The van der Waals surface area contributed by atoms with Crippen molar-refractivity contribution in [2.75, 3.05) is 12.4 Å². The minimum absolute atomic E-state index is 0.181. The quantitative estimate of drug-likeness (QED) is 0.780. The predicted molar refractivity (Wildman–Crippen MR) is 79.0 cm³/mol. The fraction of sp³-hybridized carbons (Fsp3) is 0.600. The van der Waals surface area contributed by atoms with Gasteiger partial charge in [-0.1, -0.05) is 37.3 Å². The van der Waals surface area contributed by atoms with Crippen molar-refractivity contribution >= 4 is 11.8 Å². The van der Waals surface area contributed by atoms with Crippen molar-refractivity contribution in [1.82, 2.24) is 0 Å². The standard InChI is InChI=1S/C15H24O2S/c1-4-15(13-8-6-5-7-9-13)18-11-14(16)10-17-12(2)3/h5-9,12,14-16H,4,10-11H2,1-3H3. The zero-order valence-corrected chi connectivity index (χ0v) is 12.3. The molecule has 0 saturated carbocycles. The molecule has 0 amide bonds. The molecule has 1 rings (SSSR count). The third-order valence-corrected chi connectivity index (χ3v) is 4.24. The molecule has 0 saturated heterocycles. The van der Waals surface area contributed by atoms with Gasteiger partial charge in [-0.2, -0.15) is 11.8 Å². The second kappa shape index (κ2) is 8.57. The maximum atomic E-state index is 9.84. The Morgan fingerprint density at radius 2 is 1.89 bits per heavy atom. The van der Waals surface area contributed by atoms with Crippen LogP contribution in [0.15, 0.2) is 30.3 Å². The first kappa shape index (κ1) is 15.5. The fourth-order valence-corrected chi connectivity index (χ4v) is 2.83. The number of rotatable bonds is 8. The molecular weight excluding hydrogens is 244 g/mol. The zero-order chi connectivity index (χ0) is 13.4. The monoisotopic (exact) mass is 268 g/mol. The van der Waals surface area contributed by atoms with Crippen LogP contribution in [0.1, 0.15) is 38.0 Å². The van der Waals surface area contributed by atoms with Crippen LogP contribution in [0, 0.1) is 0 Å². The van der Waals surface area contributed by atoms with Gasteiger partial charge in [0.25, 0.3) is 0 Å². The number of ether oxygens (including phenoxy) is 1. The molecule has 102 valence electrons. The summed E-state index contributed by atoms with van der Waals surface area (Å²) in [5.41, 5.74) is 1.34. The molecule has 2 unspecified atom stereocenters. The lowest BCUT2D eigenvalue weighted by Crippen LogP contribution is -2.21. The summed E-state index contributed by atoms with van der Waals surface area (Å²) >= 11 is 1.80. The van der Waals surface area contributed by atoms with Gasteiger partial charge in [-0.3, -0.25) is 0 Å². The van der Waals surface area contributed by atoms with Gasteiger partial charge in [0.1, 0.15) is 0 Å². The van der Waals surface area contributed by atoms with E-state index in [1.807, 2.05) is 19.9 Å². The van der Waals surface area contributed by atoms with Gasteiger partial charge in [-0.25, -0.2) is 0 Å². The minimum Gasteiger partial charge on any atom is -0.390 e. The lowest BCUT2D eigenvalue weighted by molar-refractivity contribution is 0.0152. The Hall–Kier alpha value is -0.510. The molecule has 0 aliphatic rings. The van der Waals surface area contributed by atoms with E-state index in [2.05, 4.69) is 31.2 Å². The van der Waals surface area contributed by atoms with Crippen LogP contribution >= 0.6 is 11.8 Å². The Kier molecular flexibility index (Phi) is 7.40. The first-order valence-corrected chi connectivity index (χ1v) is 7.64. The third-order valence-electron chi connectivity index (χ3n) is 2.65. The van der Waals surface area contributed by atoms with E-state index in [0.717, 1.165) is 12.2 Å². The van der Waals surface area contributed by atoms with E-state index >= 15 is 0 Å². The van der Waals surface area contributed by atoms with Gasteiger partial charge in [0.2, 0.25) is 0 Å². The van der Waals surface area contributed by atoms with Crippen LogP contribution in [0.25, 0.3) is 0 Å². The van der Waals surface area contributed by atoms with Crippen molar-refractivity contribution in [3.63, 3.8) is 0 Å². The topological polar surface area (TPSA) is 29.5 Å². The largest absolute Gasteiger partial charge is 0.390 e. The summed E-state index contributed by atoms with van der Waals surface area (Å²) in [5.74, 6) is 0.722. The average molecular weight is 268 g/mol. The molecule has 18 heavy (non-hydrogen) atoms. The van der Waals surface area contributed by atoms with Gasteiger partial charge < -0.3 is 9.84 Å². The molecule has 0 fully saturated rings. The van der Waals surface area contributed by atoms with Gasteiger partial charge in [0, 0.05) is 11.0 Å². The van der Waals surface area contributed by atoms with E-state index in [-0.39, 0.29) is 12.2 Å². The summed E-state index contributed by atoms with van der Waals surface area (Å²) in [5, 5.41) is 10.3. The molecule has 0 radical (unpaired) electrons. The highest BCUT2D eigenvalue weighted by molar-refractivity contribution is 7.99. The lowest BCUT2D eigenvalue weighted by Gasteiger charge is -2.18. The van der Waals surface area contributed by atoms with E-state index in [0.29, 0.717) is 11.9 Å². The van der Waals surface area contributed by atoms with Crippen molar-refractivity contribution in [2.45, 2.75) is 44.6 Å². The summed E-state index contributed by atoms with van der Waals surface area (Å²) in [6, 6.07) is 10.5.